The summed E-state index contributed by atoms with van der Waals surface area (Å²) in [5, 5.41) is 15.4. The van der Waals surface area contributed by atoms with Gasteiger partial charge in [0, 0.05) is 6.04 Å². The second kappa shape index (κ2) is 5.49. The maximum atomic E-state index is 12.4. The molecule has 5 heteroatoms. The SMILES string of the molecule is CC1(C)CCCNC1C(=O)NC1CCCC1C(=O)O. The highest BCUT2D eigenvalue weighted by molar-refractivity contribution is 5.84. The second-order valence-electron chi connectivity index (χ2n) is 6.47. The van der Waals surface area contributed by atoms with Crippen LogP contribution in [0.5, 0.6) is 0 Å². The van der Waals surface area contributed by atoms with Gasteiger partial charge in [0.1, 0.15) is 0 Å². The lowest BCUT2D eigenvalue weighted by Gasteiger charge is -2.39. The average Bonchev–Trinajstić information content (AvgIpc) is 2.76. The number of rotatable bonds is 3. The van der Waals surface area contributed by atoms with E-state index in [9.17, 15) is 9.59 Å². The van der Waals surface area contributed by atoms with Crippen molar-refractivity contribution in [1.82, 2.24) is 10.6 Å². The van der Waals surface area contributed by atoms with Gasteiger partial charge in [-0.15, -0.1) is 0 Å². The monoisotopic (exact) mass is 268 g/mol. The molecule has 0 radical (unpaired) electrons. The van der Waals surface area contributed by atoms with E-state index in [0.717, 1.165) is 32.2 Å². The molecule has 0 aromatic rings. The maximum Gasteiger partial charge on any atom is 0.308 e. The Bertz CT molecular complexity index is 368. The van der Waals surface area contributed by atoms with Crippen LogP contribution in [0.15, 0.2) is 0 Å². The number of carboxylic acids is 1. The van der Waals surface area contributed by atoms with Gasteiger partial charge in [-0.1, -0.05) is 20.3 Å². The fourth-order valence-corrected chi connectivity index (χ4v) is 3.35. The van der Waals surface area contributed by atoms with Crippen LogP contribution in [0.25, 0.3) is 0 Å². The van der Waals surface area contributed by atoms with E-state index < -0.39 is 11.9 Å². The molecule has 0 bridgehead atoms. The van der Waals surface area contributed by atoms with Gasteiger partial charge in [-0.05, 0) is 37.6 Å². The third kappa shape index (κ3) is 3.08. The summed E-state index contributed by atoms with van der Waals surface area (Å²) in [5.41, 5.74) is -0.0698. The molecule has 1 amide bonds. The summed E-state index contributed by atoms with van der Waals surface area (Å²) in [5.74, 6) is -1.25. The first-order chi connectivity index (χ1) is 8.92. The molecule has 5 nitrogen and oxygen atoms in total. The number of piperidine rings is 1. The first-order valence-electron chi connectivity index (χ1n) is 7.18. The highest BCUT2D eigenvalue weighted by Crippen LogP contribution is 2.31. The highest BCUT2D eigenvalue weighted by atomic mass is 16.4. The zero-order valence-corrected chi connectivity index (χ0v) is 11.7. The molecule has 1 aliphatic carbocycles. The number of hydrogen-bond donors (Lipinski definition) is 3. The molecule has 0 spiro atoms. The van der Waals surface area contributed by atoms with Gasteiger partial charge in [0.2, 0.25) is 5.91 Å². The van der Waals surface area contributed by atoms with Gasteiger partial charge < -0.3 is 15.7 Å². The first kappa shape index (κ1) is 14.3. The predicted octanol–water partition coefficient (Wildman–Crippen LogP) is 1.13. The Hall–Kier alpha value is -1.10. The summed E-state index contributed by atoms with van der Waals surface area (Å²) in [6, 6.07) is -0.416. The van der Waals surface area contributed by atoms with E-state index in [-0.39, 0.29) is 23.4 Å². The van der Waals surface area contributed by atoms with Crippen LogP contribution in [-0.4, -0.2) is 35.6 Å². The van der Waals surface area contributed by atoms with E-state index in [2.05, 4.69) is 24.5 Å². The smallest absolute Gasteiger partial charge is 0.308 e. The molecule has 1 saturated heterocycles. The minimum atomic E-state index is -0.793. The Morgan fingerprint density at radius 2 is 2.00 bits per heavy atom. The Morgan fingerprint density at radius 3 is 2.63 bits per heavy atom. The van der Waals surface area contributed by atoms with Crippen LogP contribution < -0.4 is 10.6 Å². The van der Waals surface area contributed by atoms with Crippen molar-refractivity contribution in [3.8, 4) is 0 Å². The maximum absolute atomic E-state index is 12.4. The molecule has 3 atom stereocenters. The molecule has 0 aromatic heterocycles. The molecule has 3 unspecified atom stereocenters. The zero-order chi connectivity index (χ0) is 14.0. The van der Waals surface area contributed by atoms with Crippen LogP contribution in [0, 0.1) is 11.3 Å². The summed E-state index contributed by atoms with van der Waals surface area (Å²) in [4.78, 5) is 23.5. The molecule has 19 heavy (non-hydrogen) atoms. The largest absolute Gasteiger partial charge is 0.481 e. The summed E-state index contributed by atoms with van der Waals surface area (Å²) >= 11 is 0. The molecule has 2 rings (SSSR count). The van der Waals surface area contributed by atoms with Gasteiger partial charge >= 0.3 is 5.97 Å². The zero-order valence-electron chi connectivity index (χ0n) is 11.7. The van der Waals surface area contributed by atoms with E-state index in [1.165, 1.54) is 0 Å². The van der Waals surface area contributed by atoms with Gasteiger partial charge in [-0.2, -0.15) is 0 Å². The number of carboxylic acid groups (broad SMARTS) is 1. The van der Waals surface area contributed by atoms with Crippen molar-refractivity contribution in [3.05, 3.63) is 0 Å². The van der Waals surface area contributed by atoms with Crippen LogP contribution in [0.3, 0.4) is 0 Å². The lowest BCUT2D eigenvalue weighted by atomic mass is 9.77. The standard InChI is InChI=1S/C14H24N2O3/c1-14(2)7-4-8-15-11(14)12(17)16-10-6-3-5-9(10)13(18)19/h9-11,15H,3-8H2,1-2H3,(H,16,17)(H,18,19). The van der Waals surface area contributed by atoms with Gasteiger partial charge in [0.05, 0.1) is 12.0 Å². The van der Waals surface area contributed by atoms with E-state index >= 15 is 0 Å². The van der Waals surface area contributed by atoms with E-state index in [4.69, 9.17) is 5.11 Å². The van der Waals surface area contributed by atoms with Crippen LogP contribution in [-0.2, 0) is 9.59 Å². The number of carbonyl (C=O) groups excluding carboxylic acids is 1. The Kier molecular flexibility index (Phi) is 4.13. The number of hydrogen-bond acceptors (Lipinski definition) is 3. The van der Waals surface area contributed by atoms with Crippen molar-refractivity contribution >= 4 is 11.9 Å². The number of aliphatic carboxylic acids is 1. The molecule has 1 heterocycles. The van der Waals surface area contributed by atoms with Crippen molar-refractivity contribution in [2.24, 2.45) is 11.3 Å². The minimum Gasteiger partial charge on any atom is -0.481 e. The first-order valence-corrected chi connectivity index (χ1v) is 7.18. The number of nitrogens with one attached hydrogen (secondary N) is 2. The normalized spacial score (nSPS) is 33.9. The van der Waals surface area contributed by atoms with Crippen LogP contribution in [0.1, 0.15) is 46.0 Å². The molecule has 0 aromatic carbocycles. The van der Waals surface area contributed by atoms with E-state index in [1.807, 2.05) is 0 Å². The molecule has 1 saturated carbocycles. The molecule has 2 fully saturated rings. The van der Waals surface area contributed by atoms with E-state index in [0.29, 0.717) is 6.42 Å². The predicted molar refractivity (Wildman–Crippen MR) is 71.7 cm³/mol. The van der Waals surface area contributed by atoms with Gasteiger partial charge in [0.15, 0.2) is 0 Å². The summed E-state index contributed by atoms with van der Waals surface area (Å²) in [7, 11) is 0. The third-order valence-electron chi connectivity index (χ3n) is 4.55. The topological polar surface area (TPSA) is 78.4 Å². The molecular formula is C14H24N2O3. The molecule has 108 valence electrons. The van der Waals surface area contributed by atoms with Crippen molar-refractivity contribution in [2.75, 3.05) is 6.54 Å². The van der Waals surface area contributed by atoms with E-state index in [1.54, 1.807) is 0 Å². The molecule has 3 N–H and O–H groups in total. The van der Waals surface area contributed by atoms with Crippen molar-refractivity contribution in [1.29, 1.82) is 0 Å². The number of carbonyl (C=O) groups is 2. The van der Waals surface area contributed by atoms with Gasteiger partial charge in [-0.3, -0.25) is 9.59 Å². The Labute approximate surface area is 114 Å². The minimum absolute atomic E-state index is 0.0390. The van der Waals surface area contributed by atoms with Crippen LogP contribution in [0.2, 0.25) is 0 Å². The quantitative estimate of drug-likeness (QED) is 0.717. The second-order valence-corrected chi connectivity index (χ2v) is 6.47. The van der Waals surface area contributed by atoms with Crippen molar-refractivity contribution < 1.29 is 14.7 Å². The fourth-order valence-electron chi connectivity index (χ4n) is 3.35. The third-order valence-corrected chi connectivity index (χ3v) is 4.55. The summed E-state index contributed by atoms with van der Waals surface area (Å²) in [6.07, 6.45) is 4.42. The lowest BCUT2D eigenvalue weighted by molar-refractivity contribution is -0.142. The molecular weight excluding hydrogens is 244 g/mol. The Morgan fingerprint density at radius 1 is 1.26 bits per heavy atom. The van der Waals surface area contributed by atoms with Gasteiger partial charge in [-0.25, -0.2) is 0 Å². The molecule has 2 aliphatic rings. The Balaban J connectivity index is 1.98. The van der Waals surface area contributed by atoms with Gasteiger partial charge in [0.25, 0.3) is 0 Å². The lowest BCUT2D eigenvalue weighted by Crippen LogP contribution is -2.57. The van der Waals surface area contributed by atoms with Crippen molar-refractivity contribution in [3.63, 3.8) is 0 Å². The summed E-state index contributed by atoms with van der Waals surface area (Å²) in [6.45, 7) is 5.04. The average molecular weight is 268 g/mol. The summed E-state index contributed by atoms with van der Waals surface area (Å²) < 4.78 is 0. The van der Waals surface area contributed by atoms with Crippen LogP contribution >= 0.6 is 0 Å². The van der Waals surface area contributed by atoms with Crippen LogP contribution in [0.4, 0.5) is 0 Å². The van der Waals surface area contributed by atoms with Crippen molar-refractivity contribution in [2.45, 2.75) is 58.0 Å². The highest BCUT2D eigenvalue weighted by Gasteiger charge is 2.40. The molecule has 1 aliphatic heterocycles. The fraction of sp³-hybridized carbons (Fsp3) is 0.857. The number of amides is 1.